The minimum absolute atomic E-state index is 0.0816. The normalized spacial score (nSPS) is 12.4. The van der Waals surface area contributed by atoms with Gasteiger partial charge < -0.3 is 14.2 Å². The van der Waals surface area contributed by atoms with Crippen LogP contribution in [0, 0.1) is 0 Å². The molecule has 1 unspecified atom stereocenters. The van der Waals surface area contributed by atoms with Crippen molar-refractivity contribution in [2.24, 2.45) is 0 Å². The highest BCUT2D eigenvalue weighted by Gasteiger charge is 2.19. The maximum atomic E-state index is 12.9. The van der Waals surface area contributed by atoms with Crippen molar-refractivity contribution in [3.05, 3.63) is 60.8 Å². The maximum absolute atomic E-state index is 12.9. The first-order valence-electron chi connectivity index (χ1n) is 34.8. The van der Waals surface area contributed by atoms with Crippen LogP contribution in [0.2, 0.25) is 0 Å². The third-order valence-corrected chi connectivity index (χ3v) is 15.4. The number of allylic oxidation sites excluding steroid dienone is 10. The number of hydrogen-bond donors (Lipinski definition) is 0. The van der Waals surface area contributed by atoms with Gasteiger partial charge >= 0.3 is 17.9 Å². The van der Waals surface area contributed by atoms with Crippen LogP contribution in [0.25, 0.3) is 0 Å². The number of unbranched alkanes of at least 4 members (excludes halogenated alkanes) is 43. The second kappa shape index (κ2) is 67.6. The summed E-state index contributed by atoms with van der Waals surface area (Å²) in [5.41, 5.74) is 0. The van der Waals surface area contributed by atoms with E-state index in [1.165, 1.54) is 212 Å². The van der Waals surface area contributed by atoms with Crippen molar-refractivity contribution in [1.29, 1.82) is 0 Å². The van der Waals surface area contributed by atoms with Crippen molar-refractivity contribution in [2.75, 3.05) is 13.2 Å². The lowest BCUT2D eigenvalue weighted by Crippen LogP contribution is -2.30. The van der Waals surface area contributed by atoms with Gasteiger partial charge in [-0.05, 0) is 96.3 Å². The number of carbonyl (C=O) groups excluding carboxylic acids is 3. The average Bonchev–Trinajstić information content (AvgIpc) is 3.45. The fraction of sp³-hybridized carbons (Fsp3) is 0.822. The number of rotatable bonds is 64. The van der Waals surface area contributed by atoms with E-state index in [0.29, 0.717) is 19.3 Å². The molecule has 6 heteroatoms. The molecule has 0 saturated carbocycles. The largest absolute Gasteiger partial charge is 0.462 e. The van der Waals surface area contributed by atoms with Crippen LogP contribution in [-0.2, 0) is 28.6 Å². The molecule has 0 aliphatic carbocycles. The summed E-state index contributed by atoms with van der Waals surface area (Å²) in [5.74, 6) is -0.895. The highest BCUT2D eigenvalue weighted by Crippen LogP contribution is 2.18. The van der Waals surface area contributed by atoms with E-state index in [9.17, 15) is 14.4 Å². The Kier molecular flexibility index (Phi) is 65.1. The summed E-state index contributed by atoms with van der Waals surface area (Å²) in [6.45, 7) is 6.53. The molecule has 0 aromatic carbocycles. The fourth-order valence-corrected chi connectivity index (χ4v) is 10.2. The van der Waals surface area contributed by atoms with Gasteiger partial charge in [-0.25, -0.2) is 0 Å². The van der Waals surface area contributed by atoms with Crippen LogP contribution in [0.3, 0.4) is 0 Å². The molecular weight excluding hydrogens is 973 g/mol. The Morgan fingerprint density at radius 2 is 0.481 bits per heavy atom. The Balaban J connectivity index is 4.03. The van der Waals surface area contributed by atoms with E-state index in [-0.39, 0.29) is 31.1 Å². The van der Waals surface area contributed by atoms with Crippen molar-refractivity contribution in [3.8, 4) is 0 Å². The summed E-state index contributed by atoms with van der Waals surface area (Å²) in [6, 6.07) is 0. The van der Waals surface area contributed by atoms with Gasteiger partial charge in [-0.15, -0.1) is 0 Å². The Morgan fingerprint density at radius 3 is 0.759 bits per heavy atom. The molecule has 0 heterocycles. The first-order chi connectivity index (χ1) is 39.0. The van der Waals surface area contributed by atoms with Crippen LogP contribution in [-0.4, -0.2) is 37.2 Å². The molecule has 0 aromatic heterocycles. The number of esters is 3. The van der Waals surface area contributed by atoms with Crippen molar-refractivity contribution < 1.29 is 28.6 Å². The van der Waals surface area contributed by atoms with Gasteiger partial charge in [-0.1, -0.05) is 313 Å². The predicted molar refractivity (Wildman–Crippen MR) is 344 cm³/mol. The molecule has 1 atom stereocenters. The number of hydrogen-bond acceptors (Lipinski definition) is 6. The number of carbonyl (C=O) groups is 3. The van der Waals surface area contributed by atoms with Crippen molar-refractivity contribution in [1.82, 2.24) is 0 Å². The predicted octanol–water partition coefficient (Wildman–Crippen LogP) is 23.9. The average molecular weight is 1110 g/mol. The van der Waals surface area contributed by atoms with Crippen LogP contribution >= 0.6 is 0 Å². The summed E-state index contributed by atoms with van der Waals surface area (Å²) in [6.07, 6.45) is 87.1. The van der Waals surface area contributed by atoms with E-state index < -0.39 is 6.10 Å². The molecule has 0 rings (SSSR count). The topological polar surface area (TPSA) is 78.9 Å². The minimum atomic E-state index is -0.786. The van der Waals surface area contributed by atoms with Gasteiger partial charge in [-0.2, -0.15) is 0 Å². The molecule has 0 radical (unpaired) electrons. The quantitative estimate of drug-likeness (QED) is 0.0261. The zero-order chi connectivity index (χ0) is 57.1. The third kappa shape index (κ3) is 65.8. The van der Waals surface area contributed by atoms with Crippen LogP contribution in [0.15, 0.2) is 60.8 Å². The van der Waals surface area contributed by atoms with E-state index >= 15 is 0 Å². The molecule has 0 saturated heterocycles. The van der Waals surface area contributed by atoms with Gasteiger partial charge in [0.15, 0.2) is 6.10 Å². The summed E-state index contributed by atoms with van der Waals surface area (Å²) in [4.78, 5) is 38.2. The SMILES string of the molecule is CCC/C=C\C/C=C\CCCCCCCC(=O)OCC(COC(=O)CCCCCCCCCCCCCCCCCCCCCCCCC/C=C\CCCCCCCCCC)OC(=O)CCCCCCC/C=C\C/C=C\CCC. The summed E-state index contributed by atoms with van der Waals surface area (Å²) in [5, 5.41) is 0. The number of ether oxygens (including phenoxy) is 3. The van der Waals surface area contributed by atoms with Crippen LogP contribution in [0.4, 0.5) is 0 Å². The van der Waals surface area contributed by atoms with Gasteiger partial charge in [0, 0.05) is 19.3 Å². The molecule has 0 spiro atoms. The second-order valence-electron chi connectivity index (χ2n) is 23.4. The molecule has 79 heavy (non-hydrogen) atoms. The molecule has 0 N–H and O–H groups in total. The van der Waals surface area contributed by atoms with Gasteiger partial charge in [0.2, 0.25) is 0 Å². The molecule has 0 aliphatic heterocycles. The van der Waals surface area contributed by atoms with E-state index in [0.717, 1.165) is 116 Å². The zero-order valence-corrected chi connectivity index (χ0v) is 52.9. The van der Waals surface area contributed by atoms with Crippen molar-refractivity contribution in [3.63, 3.8) is 0 Å². The highest BCUT2D eigenvalue weighted by atomic mass is 16.6. The Labute approximate surface area is 491 Å². The molecule has 0 aromatic rings. The molecular formula is C73H132O6. The van der Waals surface area contributed by atoms with Gasteiger partial charge in [0.1, 0.15) is 13.2 Å². The van der Waals surface area contributed by atoms with Crippen LogP contribution in [0.5, 0.6) is 0 Å². The summed E-state index contributed by atoms with van der Waals surface area (Å²) < 4.78 is 16.9. The zero-order valence-electron chi connectivity index (χ0n) is 52.9. The molecule has 460 valence electrons. The standard InChI is InChI=1S/C73H132O6/c1-4-7-10-13-16-19-22-25-26-27-28-29-30-31-32-33-34-35-36-37-38-39-40-41-42-43-44-45-46-49-51-54-57-60-63-66-72(75)78-69-70(79-73(76)67-64-61-58-55-52-48-24-21-18-15-12-9-6-3)68-77-71(74)65-62-59-56-53-50-47-23-20-17-14-11-8-5-2/h11-12,14-15,20-21,23-24,27-28,70H,4-10,13,16-19,22,25-26,29-69H2,1-3H3/b14-11-,15-12-,23-20-,24-21-,28-27-. The Morgan fingerprint density at radius 1 is 0.253 bits per heavy atom. The van der Waals surface area contributed by atoms with Gasteiger partial charge in [0.05, 0.1) is 0 Å². The lowest BCUT2D eigenvalue weighted by molar-refractivity contribution is -0.167. The first kappa shape index (κ1) is 76.1. The highest BCUT2D eigenvalue weighted by molar-refractivity contribution is 5.71. The summed E-state index contributed by atoms with van der Waals surface area (Å²) >= 11 is 0. The maximum Gasteiger partial charge on any atom is 0.306 e. The third-order valence-electron chi connectivity index (χ3n) is 15.4. The Bertz CT molecular complexity index is 1410. The monoisotopic (exact) mass is 1110 g/mol. The van der Waals surface area contributed by atoms with Crippen LogP contribution < -0.4 is 0 Å². The van der Waals surface area contributed by atoms with Gasteiger partial charge in [-0.3, -0.25) is 14.4 Å². The van der Waals surface area contributed by atoms with E-state index in [1.807, 2.05) is 0 Å². The van der Waals surface area contributed by atoms with Crippen molar-refractivity contribution in [2.45, 2.75) is 374 Å². The lowest BCUT2D eigenvalue weighted by atomic mass is 10.0. The van der Waals surface area contributed by atoms with Gasteiger partial charge in [0.25, 0.3) is 0 Å². The molecule has 0 amide bonds. The van der Waals surface area contributed by atoms with Crippen LogP contribution in [0.1, 0.15) is 367 Å². The molecule has 0 fully saturated rings. The minimum Gasteiger partial charge on any atom is -0.462 e. The molecule has 0 aliphatic rings. The van der Waals surface area contributed by atoms with Crippen molar-refractivity contribution >= 4 is 17.9 Å². The molecule has 6 nitrogen and oxygen atoms in total. The van der Waals surface area contributed by atoms with E-state index in [2.05, 4.69) is 81.5 Å². The first-order valence-corrected chi connectivity index (χ1v) is 34.8. The smallest absolute Gasteiger partial charge is 0.306 e. The molecule has 0 bridgehead atoms. The van der Waals surface area contributed by atoms with E-state index in [1.54, 1.807) is 0 Å². The lowest BCUT2D eigenvalue weighted by Gasteiger charge is -2.18. The fourth-order valence-electron chi connectivity index (χ4n) is 10.2. The second-order valence-corrected chi connectivity index (χ2v) is 23.4. The van der Waals surface area contributed by atoms with E-state index in [4.69, 9.17) is 14.2 Å². The summed E-state index contributed by atoms with van der Waals surface area (Å²) in [7, 11) is 0. The Hall–Kier alpha value is -2.89.